The molecule has 2 rings (SSSR count). The molecule has 2 N–H and O–H groups in total. The maximum absolute atomic E-state index is 12.1. The van der Waals surface area contributed by atoms with Gasteiger partial charge in [0.25, 0.3) is 0 Å². The molecule has 0 atom stereocenters. The molecule has 2 aromatic carbocycles. The van der Waals surface area contributed by atoms with Gasteiger partial charge in [0.1, 0.15) is 12.4 Å². The van der Waals surface area contributed by atoms with E-state index in [1.54, 1.807) is 7.11 Å². The molecule has 0 unspecified atom stereocenters. The van der Waals surface area contributed by atoms with Crippen LogP contribution in [0, 0.1) is 13.8 Å². The van der Waals surface area contributed by atoms with E-state index in [4.69, 9.17) is 9.47 Å². The van der Waals surface area contributed by atoms with Gasteiger partial charge in [0.15, 0.2) is 0 Å². The minimum Gasteiger partial charge on any atom is -0.491 e. The van der Waals surface area contributed by atoms with Gasteiger partial charge in [0.2, 0.25) is 5.91 Å². The molecule has 2 aromatic rings. The summed E-state index contributed by atoms with van der Waals surface area (Å²) in [6.45, 7) is 5.36. The van der Waals surface area contributed by atoms with Crippen LogP contribution in [0.4, 0.5) is 11.4 Å². The van der Waals surface area contributed by atoms with Crippen LogP contribution < -0.4 is 15.4 Å². The SMILES string of the molecule is COCCOc1ccc(NC(=O)CNc2cccc(C)c2C)cc1. The number of carbonyl (C=O) groups is 1. The number of anilines is 2. The number of rotatable bonds is 8. The molecule has 0 aliphatic carbocycles. The summed E-state index contributed by atoms with van der Waals surface area (Å²) < 4.78 is 10.4. The normalized spacial score (nSPS) is 10.3. The third-order valence-corrected chi connectivity index (χ3v) is 3.74. The van der Waals surface area contributed by atoms with E-state index in [9.17, 15) is 4.79 Å². The van der Waals surface area contributed by atoms with Gasteiger partial charge in [-0.25, -0.2) is 0 Å². The molecule has 24 heavy (non-hydrogen) atoms. The van der Waals surface area contributed by atoms with Crippen molar-refractivity contribution in [1.29, 1.82) is 0 Å². The van der Waals surface area contributed by atoms with Crippen LogP contribution in [0.25, 0.3) is 0 Å². The Hall–Kier alpha value is -2.53. The highest BCUT2D eigenvalue weighted by molar-refractivity contribution is 5.93. The molecule has 0 fully saturated rings. The Morgan fingerprint density at radius 2 is 1.79 bits per heavy atom. The molecule has 0 aromatic heterocycles. The first-order chi connectivity index (χ1) is 11.6. The van der Waals surface area contributed by atoms with Gasteiger partial charge in [-0.1, -0.05) is 12.1 Å². The molecule has 0 saturated heterocycles. The van der Waals surface area contributed by atoms with E-state index >= 15 is 0 Å². The highest BCUT2D eigenvalue weighted by atomic mass is 16.5. The van der Waals surface area contributed by atoms with Gasteiger partial charge in [0, 0.05) is 18.5 Å². The number of benzene rings is 2. The topological polar surface area (TPSA) is 59.6 Å². The average molecular weight is 328 g/mol. The molecule has 0 bridgehead atoms. The van der Waals surface area contributed by atoms with Crippen molar-refractivity contribution in [2.45, 2.75) is 13.8 Å². The summed E-state index contributed by atoms with van der Waals surface area (Å²) in [6.07, 6.45) is 0. The lowest BCUT2D eigenvalue weighted by Gasteiger charge is -2.12. The number of nitrogens with one attached hydrogen (secondary N) is 2. The van der Waals surface area contributed by atoms with Gasteiger partial charge in [-0.2, -0.15) is 0 Å². The summed E-state index contributed by atoms with van der Waals surface area (Å²) in [7, 11) is 1.63. The standard InChI is InChI=1S/C19H24N2O3/c1-14-5-4-6-18(15(14)2)20-13-19(22)21-16-7-9-17(10-8-16)24-12-11-23-3/h4-10,20H,11-13H2,1-3H3,(H,21,22). The van der Waals surface area contributed by atoms with Crippen LogP contribution >= 0.6 is 0 Å². The molecular formula is C19H24N2O3. The maximum Gasteiger partial charge on any atom is 0.243 e. The second kappa shape index (κ2) is 8.93. The van der Waals surface area contributed by atoms with Crippen LogP contribution in [0.5, 0.6) is 5.75 Å². The van der Waals surface area contributed by atoms with Gasteiger partial charge in [-0.05, 0) is 55.3 Å². The second-order valence-corrected chi connectivity index (χ2v) is 5.51. The molecular weight excluding hydrogens is 304 g/mol. The van der Waals surface area contributed by atoms with Gasteiger partial charge >= 0.3 is 0 Å². The van der Waals surface area contributed by atoms with Crippen molar-refractivity contribution >= 4 is 17.3 Å². The van der Waals surface area contributed by atoms with Crippen molar-refractivity contribution in [2.75, 3.05) is 37.5 Å². The number of hydrogen-bond acceptors (Lipinski definition) is 4. The minimum atomic E-state index is -0.0936. The summed E-state index contributed by atoms with van der Waals surface area (Å²) in [5.41, 5.74) is 4.07. The Bertz CT molecular complexity index is 669. The molecule has 5 nitrogen and oxygen atoms in total. The van der Waals surface area contributed by atoms with E-state index < -0.39 is 0 Å². The fraction of sp³-hybridized carbons (Fsp3) is 0.316. The summed E-state index contributed by atoms with van der Waals surface area (Å²) in [5.74, 6) is 0.655. The van der Waals surface area contributed by atoms with Crippen molar-refractivity contribution in [3.05, 3.63) is 53.6 Å². The summed E-state index contributed by atoms with van der Waals surface area (Å²) >= 11 is 0. The van der Waals surface area contributed by atoms with Crippen LogP contribution in [0.2, 0.25) is 0 Å². The molecule has 0 aliphatic rings. The third-order valence-electron chi connectivity index (χ3n) is 3.74. The van der Waals surface area contributed by atoms with Crippen molar-refractivity contribution in [3.8, 4) is 5.75 Å². The monoisotopic (exact) mass is 328 g/mol. The highest BCUT2D eigenvalue weighted by Crippen LogP contribution is 2.18. The number of carbonyl (C=O) groups excluding carboxylic acids is 1. The van der Waals surface area contributed by atoms with Gasteiger partial charge in [-0.3, -0.25) is 4.79 Å². The molecule has 0 aliphatic heterocycles. The predicted octanol–water partition coefficient (Wildman–Crippen LogP) is 3.38. The van der Waals surface area contributed by atoms with Crippen molar-refractivity contribution < 1.29 is 14.3 Å². The van der Waals surface area contributed by atoms with Crippen molar-refractivity contribution in [1.82, 2.24) is 0 Å². The number of aryl methyl sites for hydroxylation is 1. The lowest BCUT2D eigenvalue weighted by molar-refractivity contribution is -0.114. The van der Waals surface area contributed by atoms with Crippen LogP contribution in [0.15, 0.2) is 42.5 Å². The van der Waals surface area contributed by atoms with E-state index in [0.717, 1.165) is 22.7 Å². The number of ether oxygens (including phenoxy) is 2. The van der Waals surface area contributed by atoms with Crippen LogP contribution in [-0.2, 0) is 9.53 Å². The first-order valence-electron chi connectivity index (χ1n) is 7.92. The molecule has 0 spiro atoms. The largest absolute Gasteiger partial charge is 0.491 e. The van der Waals surface area contributed by atoms with E-state index in [1.165, 1.54) is 5.56 Å². The summed E-state index contributed by atoms with van der Waals surface area (Å²) in [5, 5.41) is 6.03. The molecule has 0 heterocycles. The number of amides is 1. The van der Waals surface area contributed by atoms with Crippen molar-refractivity contribution in [2.24, 2.45) is 0 Å². The van der Waals surface area contributed by atoms with Gasteiger partial charge in [0.05, 0.1) is 13.2 Å². The quantitative estimate of drug-likeness (QED) is 0.729. The number of methoxy groups -OCH3 is 1. The Balaban J connectivity index is 1.82. The predicted molar refractivity (Wildman–Crippen MR) is 96.8 cm³/mol. The fourth-order valence-electron chi connectivity index (χ4n) is 2.20. The zero-order chi connectivity index (χ0) is 17.4. The van der Waals surface area contributed by atoms with Gasteiger partial charge < -0.3 is 20.1 Å². The molecule has 0 saturated carbocycles. The first-order valence-corrected chi connectivity index (χ1v) is 7.92. The van der Waals surface area contributed by atoms with Crippen LogP contribution in [0.3, 0.4) is 0 Å². The zero-order valence-electron chi connectivity index (χ0n) is 14.4. The number of hydrogen-bond donors (Lipinski definition) is 2. The fourth-order valence-corrected chi connectivity index (χ4v) is 2.20. The molecule has 0 radical (unpaired) electrons. The lowest BCUT2D eigenvalue weighted by Crippen LogP contribution is -2.22. The summed E-state index contributed by atoms with van der Waals surface area (Å²) in [4.78, 5) is 12.1. The van der Waals surface area contributed by atoms with Gasteiger partial charge in [-0.15, -0.1) is 0 Å². The maximum atomic E-state index is 12.1. The van der Waals surface area contributed by atoms with Crippen molar-refractivity contribution in [3.63, 3.8) is 0 Å². The Morgan fingerprint density at radius 1 is 1.04 bits per heavy atom. The average Bonchev–Trinajstić information content (AvgIpc) is 2.58. The zero-order valence-corrected chi connectivity index (χ0v) is 14.4. The van der Waals surface area contributed by atoms with E-state index in [0.29, 0.717) is 13.2 Å². The smallest absolute Gasteiger partial charge is 0.243 e. The van der Waals surface area contributed by atoms with E-state index in [-0.39, 0.29) is 12.5 Å². The molecule has 5 heteroatoms. The lowest BCUT2D eigenvalue weighted by atomic mass is 10.1. The van der Waals surface area contributed by atoms with E-state index in [1.807, 2.05) is 43.3 Å². The van der Waals surface area contributed by atoms with Crippen LogP contribution in [0.1, 0.15) is 11.1 Å². The Labute approximate surface area is 143 Å². The van der Waals surface area contributed by atoms with E-state index in [2.05, 4.69) is 23.6 Å². The highest BCUT2D eigenvalue weighted by Gasteiger charge is 2.05. The van der Waals surface area contributed by atoms with Crippen LogP contribution in [-0.4, -0.2) is 32.8 Å². The second-order valence-electron chi connectivity index (χ2n) is 5.51. The molecule has 128 valence electrons. The Morgan fingerprint density at radius 3 is 2.50 bits per heavy atom. The first kappa shape index (κ1) is 17.8. The molecule has 1 amide bonds. The Kier molecular flexibility index (Phi) is 6.63. The third kappa shape index (κ3) is 5.28. The summed E-state index contributed by atoms with van der Waals surface area (Å²) in [6, 6.07) is 13.3. The minimum absolute atomic E-state index is 0.0936.